The molecule has 1 atom stereocenters. The van der Waals surface area contributed by atoms with E-state index in [1.807, 2.05) is 12.3 Å². The number of methoxy groups -OCH3 is 1. The number of nitrogens with zero attached hydrogens (tertiary/aromatic N) is 2. The second-order valence-corrected chi connectivity index (χ2v) is 6.15. The topological polar surface area (TPSA) is 37.4 Å². The fourth-order valence-corrected chi connectivity index (χ4v) is 2.68. The Morgan fingerprint density at radius 3 is 2.95 bits per heavy atom. The highest BCUT2D eigenvalue weighted by Crippen LogP contribution is 2.18. The zero-order valence-electron chi connectivity index (χ0n) is 12.9. The van der Waals surface area contributed by atoms with Gasteiger partial charge in [0.1, 0.15) is 0 Å². The Labute approximate surface area is 122 Å². The van der Waals surface area contributed by atoms with E-state index in [1.165, 1.54) is 25.1 Å². The van der Waals surface area contributed by atoms with Crippen molar-refractivity contribution in [2.75, 3.05) is 33.3 Å². The Bertz CT molecular complexity index is 391. The van der Waals surface area contributed by atoms with Gasteiger partial charge in [0.25, 0.3) is 0 Å². The molecule has 0 aliphatic carbocycles. The van der Waals surface area contributed by atoms with E-state index in [-0.39, 0.29) is 0 Å². The quantitative estimate of drug-likeness (QED) is 0.829. The molecule has 0 spiro atoms. The molecule has 2 heterocycles. The molecule has 112 valence electrons. The molecule has 1 aromatic heterocycles. The molecule has 2 rings (SSSR count). The van der Waals surface area contributed by atoms with E-state index < -0.39 is 0 Å². The summed E-state index contributed by atoms with van der Waals surface area (Å²) in [5, 5.41) is 3.57. The Hall–Kier alpha value is -1.13. The Kier molecular flexibility index (Phi) is 5.80. The standard InChI is InChI=1S/C16H27N3O/c1-13(2)8-17-9-15-6-7-19(12-15)11-14-4-5-16(20-3)18-10-14/h4-5,10,13,15,17H,6-9,11-12H2,1-3H3. The molecule has 0 aromatic carbocycles. The smallest absolute Gasteiger partial charge is 0.212 e. The molecule has 1 aromatic rings. The van der Waals surface area contributed by atoms with Gasteiger partial charge in [-0.05, 0) is 43.5 Å². The minimum absolute atomic E-state index is 0.686. The van der Waals surface area contributed by atoms with Crippen LogP contribution in [-0.4, -0.2) is 43.2 Å². The van der Waals surface area contributed by atoms with Gasteiger partial charge >= 0.3 is 0 Å². The molecule has 0 bridgehead atoms. The van der Waals surface area contributed by atoms with Crippen molar-refractivity contribution in [1.82, 2.24) is 15.2 Å². The van der Waals surface area contributed by atoms with Crippen LogP contribution in [0.5, 0.6) is 5.88 Å². The number of hydrogen-bond acceptors (Lipinski definition) is 4. The first kappa shape index (κ1) is 15.3. The van der Waals surface area contributed by atoms with E-state index in [9.17, 15) is 0 Å². The van der Waals surface area contributed by atoms with Crippen LogP contribution in [0.1, 0.15) is 25.8 Å². The first-order valence-corrected chi connectivity index (χ1v) is 7.59. The number of nitrogens with one attached hydrogen (secondary N) is 1. The zero-order valence-corrected chi connectivity index (χ0v) is 12.9. The van der Waals surface area contributed by atoms with Crippen LogP contribution in [0, 0.1) is 11.8 Å². The third kappa shape index (κ3) is 4.76. The summed E-state index contributed by atoms with van der Waals surface area (Å²) in [4.78, 5) is 6.79. The van der Waals surface area contributed by atoms with Crippen molar-refractivity contribution >= 4 is 0 Å². The third-order valence-corrected chi connectivity index (χ3v) is 3.77. The zero-order chi connectivity index (χ0) is 14.4. The first-order chi connectivity index (χ1) is 9.67. The van der Waals surface area contributed by atoms with Gasteiger partial charge in [-0.25, -0.2) is 4.98 Å². The molecule has 1 unspecified atom stereocenters. The minimum Gasteiger partial charge on any atom is -0.481 e. The molecule has 1 aliphatic rings. The van der Waals surface area contributed by atoms with Crippen molar-refractivity contribution < 1.29 is 4.74 Å². The van der Waals surface area contributed by atoms with Gasteiger partial charge in [0.2, 0.25) is 5.88 Å². The minimum atomic E-state index is 0.686. The lowest BCUT2D eigenvalue weighted by atomic mass is 10.1. The van der Waals surface area contributed by atoms with Gasteiger partial charge < -0.3 is 10.1 Å². The molecular formula is C16H27N3O. The second-order valence-electron chi connectivity index (χ2n) is 6.15. The van der Waals surface area contributed by atoms with Crippen LogP contribution >= 0.6 is 0 Å². The molecule has 4 nitrogen and oxygen atoms in total. The maximum atomic E-state index is 5.09. The van der Waals surface area contributed by atoms with Crippen LogP contribution in [0.3, 0.4) is 0 Å². The average Bonchev–Trinajstić information content (AvgIpc) is 2.87. The monoisotopic (exact) mass is 277 g/mol. The Morgan fingerprint density at radius 2 is 2.30 bits per heavy atom. The van der Waals surface area contributed by atoms with Crippen LogP contribution in [0.4, 0.5) is 0 Å². The lowest BCUT2D eigenvalue weighted by Gasteiger charge is -2.16. The van der Waals surface area contributed by atoms with Gasteiger partial charge in [-0.3, -0.25) is 4.90 Å². The van der Waals surface area contributed by atoms with E-state index in [0.29, 0.717) is 5.88 Å². The molecule has 0 radical (unpaired) electrons. The summed E-state index contributed by atoms with van der Waals surface area (Å²) in [5.74, 6) is 2.21. The molecule has 4 heteroatoms. The van der Waals surface area contributed by atoms with Crippen molar-refractivity contribution in [3.63, 3.8) is 0 Å². The molecule has 1 saturated heterocycles. The van der Waals surface area contributed by atoms with Crippen LogP contribution < -0.4 is 10.1 Å². The lowest BCUT2D eigenvalue weighted by Crippen LogP contribution is -2.28. The van der Waals surface area contributed by atoms with E-state index in [0.717, 1.165) is 31.5 Å². The molecule has 1 aliphatic heterocycles. The van der Waals surface area contributed by atoms with Crippen LogP contribution in [0.15, 0.2) is 18.3 Å². The lowest BCUT2D eigenvalue weighted by molar-refractivity contribution is 0.312. The fourth-order valence-electron chi connectivity index (χ4n) is 2.68. The SMILES string of the molecule is COc1ccc(CN2CCC(CNCC(C)C)C2)cn1. The highest BCUT2D eigenvalue weighted by atomic mass is 16.5. The van der Waals surface area contributed by atoms with E-state index in [1.54, 1.807) is 7.11 Å². The summed E-state index contributed by atoms with van der Waals surface area (Å²) >= 11 is 0. The third-order valence-electron chi connectivity index (χ3n) is 3.77. The maximum absolute atomic E-state index is 5.09. The van der Waals surface area contributed by atoms with E-state index in [4.69, 9.17) is 4.74 Å². The van der Waals surface area contributed by atoms with Gasteiger partial charge in [0.15, 0.2) is 0 Å². The van der Waals surface area contributed by atoms with Gasteiger partial charge in [0, 0.05) is 25.4 Å². The second kappa shape index (κ2) is 7.60. The summed E-state index contributed by atoms with van der Waals surface area (Å²) in [7, 11) is 1.65. The fraction of sp³-hybridized carbons (Fsp3) is 0.688. The largest absolute Gasteiger partial charge is 0.481 e. The molecule has 1 N–H and O–H groups in total. The van der Waals surface area contributed by atoms with Crippen molar-refractivity contribution in [1.29, 1.82) is 0 Å². The summed E-state index contributed by atoms with van der Waals surface area (Å²) in [6.07, 6.45) is 3.22. The van der Waals surface area contributed by atoms with E-state index >= 15 is 0 Å². The number of rotatable bonds is 7. The highest BCUT2D eigenvalue weighted by Gasteiger charge is 2.22. The van der Waals surface area contributed by atoms with Crippen LogP contribution in [0.25, 0.3) is 0 Å². The summed E-state index contributed by atoms with van der Waals surface area (Å²) < 4.78 is 5.09. The van der Waals surface area contributed by atoms with Gasteiger partial charge in [0.05, 0.1) is 7.11 Å². The van der Waals surface area contributed by atoms with Gasteiger partial charge in [-0.1, -0.05) is 19.9 Å². The molecule has 20 heavy (non-hydrogen) atoms. The average molecular weight is 277 g/mol. The Morgan fingerprint density at radius 1 is 1.45 bits per heavy atom. The highest BCUT2D eigenvalue weighted by molar-refractivity contribution is 5.17. The number of pyridine rings is 1. The predicted molar refractivity (Wildman–Crippen MR) is 81.9 cm³/mol. The number of likely N-dealkylation sites (tertiary alicyclic amines) is 1. The van der Waals surface area contributed by atoms with Gasteiger partial charge in [-0.15, -0.1) is 0 Å². The maximum Gasteiger partial charge on any atom is 0.212 e. The number of hydrogen-bond donors (Lipinski definition) is 1. The van der Waals surface area contributed by atoms with E-state index in [2.05, 4.69) is 35.1 Å². The summed E-state index contributed by atoms with van der Waals surface area (Å²) in [6.45, 7) is 10.2. The molecule has 1 fully saturated rings. The molecule has 0 amide bonds. The molecular weight excluding hydrogens is 250 g/mol. The normalized spacial score (nSPS) is 19.7. The predicted octanol–water partition coefficient (Wildman–Crippen LogP) is 2.16. The summed E-state index contributed by atoms with van der Waals surface area (Å²) in [5.41, 5.74) is 1.27. The number of aromatic nitrogens is 1. The van der Waals surface area contributed by atoms with Gasteiger partial charge in [-0.2, -0.15) is 0 Å². The Balaban J connectivity index is 1.72. The first-order valence-electron chi connectivity index (χ1n) is 7.59. The van der Waals surface area contributed by atoms with Crippen molar-refractivity contribution in [3.8, 4) is 5.88 Å². The molecule has 0 saturated carbocycles. The van der Waals surface area contributed by atoms with Crippen molar-refractivity contribution in [2.24, 2.45) is 11.8 Å². The van der Waals surface area contributed by atoms with Crippen LogP contribution in [0.2, 0.25) is 0 Å². The number of ether oxygens (including phenoxy) is 1. The van der Waals surface area contributed by atoms with Crippen LogP contribution in [-0.2, 0) is 6.54 Å². The van der Waals surface area contributed by atoms with Crippen molar-refractivity contribution in [3.05, 3.63) is 23.9 Å². The summed E-state index contributed by atoms with van der Waals surface area (Å²) in [6, 6.07) is 4.04. The van der Waals surface area contributed by atoms with Crippen molar-refractivity contribution in [2.45, 2.75) is 26.8 Å².